The lowest BCUT2D eigenvalue weighted by Crippen LogP contribution is -2.15. The van der Waals surface area contributed by atoms with E-state index in [2.05, 4.69) is 0 Å². The average Bonchev–Trinajstić information content (AvgIpc) is 2.54. The fourth-order valence-electron chi connectivity index (χ4n) is 1.97. The number of hydrogen-bond donors (Lipinski definition) is 1. The maximum absolute atomic E-state index is 12.6. The molecule has 0 saturated carbocycles. The van der Waals surface area contributed by atoms with Gasteiger partial charge in [0, 0.05) is 6.07 Å². The van der Waals surface area contributed by atoms with E-state index in [1.165, 1.54) is 0 Å². The Hall–Kier alpha value is -2.53. The number of nitro groups is 1. The molecule has 0 spiro atoms. The quantitative estimate of drug-likeness (QED) is 0.591. The second-order valence-corrected chi connectivity index (χ2v) is 6.95. The molecule has 140 valence electrons. The number of nitro benzene ring substituents is 1. The molecule has 2 rings (SSSR count). The Balaban J connectivity index is 2.42. The molecule has 1 N–H and O–H groups in total. The van der Waals surface area contributed by atoms with Crippen molar-refractivity contribution in [2.45, 2.75) is 11.1 Å². The minimum absolute atomic E-state index is 0.292. The summed E-state index contributed by atoms with van der Waals surface area (Å²) in [6, 6.07) is 4.90. The van der Waals surface area contributed by atoms with Gasteiger partial charge in [0.1, 0.15) is 10.6 Å². The van der Waals surface area contributed by atoms with Gasteiger partial charge in [0.15, 0.2) is 0 Å². The monoisotopic (exact) mass is 410 g/mol. The zero-order chi connectivity index (χ0) is 19.7. The standard InChI is InChI=1S/C14H10ClF3N2O5S/c1-25-12-7-9(20(21)22)3-5-13(12)26(23,24)19-11-4-2-8(6-10(11)15)14(16,17)18/h2-7,19H,1H3. The molecule has 0 unspecified atom stereocenters. The molecule has 0 aliphatic carbocycles. The number of ether oxygens (including phenoxy) is 1. The number of anilines is 1. The number of nitrogens with one attached hydrogen (secondary N) is 1. The number of benzene rings is 2. The van der Waals surface area contributed by atoms with Gasteiger partial charge in [-0.25, -0.2) is 8.42 Å². The van der Waals surface area contributed by atoms with Gasteiger partial charge < -0.3 is 4.74 Å². The van der Waals surface area contributed by atoms with Crippen LogP contribution in [0.15, 0.2) is 41.3 Å². The smallest absolute Gasteiger partial charge is 0.416 e. The van der Waals surface area contributed by atoms with Crippen molar-refractivity contribution >= 4 is 33.0 Å². The van der Waals surface area contributed by atoms with E-state index in [1.54, 1.807) is 0 Å². The van der Waals surface area contributed by atoms with E-state index < -0.39 is 42.3 Å². The van der Waals surface area contributed by atoms with Crippen molar-refractivity contribution in [3.8, 4) is 5.75 Å². The Bertz CT molecular complexity index is 964. The second kappa shape index (κ2) is 7.00. The average molecular weight is 411 g/mol. The van der Waals surface area contributed by atoms with E-state index in [9.17, 15) is 31.7 Å². The van der Waals surface area contributed by atoms with Crippen LogP contribution >= 0.6 is 11.6 Å². The number of hydrogen-bond acceptors (Lipinski definition) is 5. The van der Waals surface area contributed by atoms with E-state index in [0.29, 0.717) is 12.1 Å². The number of methoxy groups -OCH3 is 1. The van der Waals surface area contributed by atoms with Gasteiger partial charge in [-0.1, -0.05) is 11.6 Å². The predicted octanol–water partition coefficient (Wildman–Crippen LogP) is 4.08. The third kappa shape index (κ3) is 4.17. The number of halogens is 4. The lowest BCUT2D eigenvalue weighted by Gasteiger charge is -2.14. The van der Waals surface area contributed by atoms with Crippen LogP contribution in [0.4, 0.5) is 24.5 Å². The fourth-order valence-corrected chi connectivity index (χ4v) is 3.48. The normalized spacial score (nSPS) is 11.9. The molecule has 0 amide bonds. The van der Waals surface area contributed by atoms with Gasteiger partial charge in [-0.05, 0) is 24.3 Å². The number of nitrogens with zero attached hydrogens (tertiary/aromatic N) is 1. The van der Waals surface area contributed by atoms with Gasteiger partial charge in [0.05, 0.1) is 34.4 Å². The fraction of sp³-hybridized carbons (Fsp3) is 0.143. The second-order valence-electron chi connectivity index (χ2n) is 4.89. The summed E-state index contributed by atoms with van der Waals surface area (Å²) in [5.41, 5.74) is -1.73. The van der Waals surface area contributed by atoms with Crippen molar-refractivity contribution in [1.29, 1.82) is 0 Å². The van der Waals surface area contributed by atoms with Gasteiger partial charge in [0.2, 0.25) is 0 Å². The summed E-state index contributed by atoms with van der Waals surface area (Å²) < 4.78 is 69.7. The maximum Gasteiger partial charge on any atom is 0.416 e. The van der Waals surface area contributed by atoms with Gasteiger partial charge in [0.25, 0.3) is 15.7 Å². The lowest BCUT2D eigenvalue weighted by molar-refractivity contribution is -0.385. The van der Waals surface area contributed by atoms with Gasteiger partial charge in [-0.3, -0.25) is 14.8 Å². The number of alkyl halides is 3. The van der Waals surface area contributed by atoms with E-state index in [0.717, 1.165) is 31.4 Å². The van der Waals surface area contributed by atoms with Crippen LogP contribution in [0.25, 0.3) is 0 Å². The third-order valence-corrected chi connectivity index (χ3v) is 4.91. The van der Waals surface area contributed by atoms with Crippen molar-refractivity contribution in [2.24, 2.45) is 0 Å². The Morgan fingerprint density at radius 3 is 2.35 bits per heavy atom. The SMILES string of the molecule is COc1cc([N+](=O)[O-])ccc1S(=O)(=O)Nc1ccc(C(F)(F)F)cc1Cl. The van der Waals surface area contributed by atoms with Crippen molar-refractivity contribution in [2.75, 3.05) is 11.8 Å². The molecule has 0 aromatic heterocycles. The van der Waals surface area contributed by atoms with Crippen LogP contribution in [-0.2, 0) is 16.2 Å². The Morgan fingerprint density at radius 2 is 1.85 bits per heavy atom. The molecule has 2 aromatic carbocycles. The van der Waals surface area contributed by atoms with Crippen molar-refractivity contribution in [3.63, 3.8) is 0 Å². The third-order valence-electron chi connectivity index (χ3n) is 3.19. The molecule has 0 heterocycles. The zero-order valence-electron chi connectivity index (χ0n) is 12.9. The molecule has 2 aromatic rings. The Labute approximate surface area is 150 Å². The molecule has 0 aliphatic heterocycles. The number of rotatable bonds is 5. The summed E-state index contributed by atoms with van der Waals surface area (Å²) in [5.74, 6) is -0.310. The van der Waals surface area contributed by atoms with E-state index in [4.69, 9.17) is 16.3 Å². The minimum Gasteiger partial charge on any atom is -0.495 e. The minimum atomic E-state index is -4.64. The summed E-state index contributed by atoms with van der Waals surface area (Å²) >= 11 is 5.72. The summed E-state index contributed by atoms with van der Waals surface area (Å²) in [7, 11) is -3.22. The highest BCUT2D eigenvalue weighted by Gasteiger charge is 2.31. The molecular formula is C14H10ClF3N2O5S. The molecular weight excluding hydrogens is 401 g/mol. The molecule has 0 saturated heterocycles. The Kier molecular flexibility index (Phi) is 5.33. The topological polar surface area (TPSA) is 98.5 Å². The molecule has 0 bridgehead atoms. The predicted molar refractivity (Wildman–Crippen MR) is 86.9 cm³/mol. The van der Waals surface area contributed by atoms with E-state index in [-0.39, 0.29) is 11.4 Å². The zero-order valence-corrected chi connectivity index (χ0v) is 14.4. The lowest BCUT2D eigenvalue weighted by atomic mass is 10.2. The number of non-ortho nitro benzene ring substituents is 1. The highest BCUT2D eigenvalue weighted by molar-refractivity contribution is 7.92. The van der Waals surface area contributed by atoms with Crippen molar-refractivity contribution in [1.82, 2.24) is 0 Å². The first-order valence-electron chi connectivity index (χ1n) is 6.67. The summed E-state index contributed by atoms with van der Waals surface area (Å²) in [5, 5.41) is 10.3. The maximum atomic E-state index is 12.6. The summed E-state index contributed by atoms with van der Waals surface area (Å²) in [6.45, 7) is 0. The molecule has 0 atom stereocenters. The van der Waals surface area contributed by atoms with E-state index >= 15 is 0 Å². The molecule has 0 radical (unpaired) electrons. The molecule has 0 aliphatic rings. The van der Waals surface area contributed by atoms with Crippen molar-refractivity contribution in [3.05, 3.63) is 57.1 Å². The highest BCUT2D eigenvalue weighted by Crippen LogP contribution is 2.35. The van der Waals surface area contributed by atoms with Gasteiger partial charge in [-0.2, -0.15) is 13.2 Å². The summed E-state index contributed by atoms with van der Waals surface area (Å²) in [4.78, 5) is 9.57. The van der Waals surface area contributed by atoms with Gasteiger partial charge >= 0.3 is 6.18 Å². The first-order chi connectivity index (χ1) is 12.0. The van der Waals surface area contributed by atoms with Crippen molar-refractivity contribution < 1.29 is 31.2 Å². The van der Waals surface area contributed by atoms with Crippen LogP contribution in [0, 0.1) is 10.1 Å². The Morgan fingerprint density at radius 1 is 1.19 bits per heavy atom. The van der Waals surface area contributed by atoms with Crippen LogP contribution in [0.2, 0.25) is 5.02 Å². The summed E-state index contributed by atoms with van der Waals surface area (Å²) in [6.07, 6.45) is -4.64. The first kappa shape index (κ1) is 19.8. The van der Waals surface area contributed by atoms with Gasteiger partial charge in [-0.15, -0.1) is 0 Å². The highest BCUT2D eigenvalue weighted by atomic mass is 35.5. The van der Waals surface area contributed by atoms with Crippen LogP contribution in [0.1, 0.15) is 5.56 Å². The van der Waals surface area contributed by atoms with Crippen LogP contribution in [0.5, 0.6) is 5.75 Å². The molecule has 26 heavy (non-hydrogen) atoms. The number of sulfonamides is 1. The van der Waals surface area contributed by atoms with Crippen LogP contribution in [0.3, 0.4) is 0 Å². The first-order valence-corrected chi connectivity index (χ1v) is 8.54. The largest absolute Gasteiger partial charge is 0.495 e. The molecule has 12 heteroatoms. The molecule has 0 fully saturated rings. The molecule has 7 nitrogen and oxygen atoms in total. The van der Waals surface area contributed by atoms with Crippen LogP contribution < -0.4 is 9.46 Å². The van der Waals surface area contributed by atoms with Crippen LogP contribution in [-0.4, -0.2) is 20.5 Å². The van der Waals surface area contributed by atoms with E-state index in [1.807, 2.05) is 4.72 Å².